The van der Waals surface area contributed by atoms with Crippen LogP contribution < -0.4 is 21.9 Å². The number of benzene rings is 9. The molecule has 5 nitrogen and oxygen atoms in total. The number of hydrogen-bond acceptors (Lipinski definition) is 3. The summed E-state index contributed by atoms with van der Waals surface area (Å²) in [7, 11) is 9.07. The second kappa shape index (κ2) is 14.7. The van der Waals surface area contributed by atoms with Crippen molar-refractivity contribution in [1.82, 2.24) is 23.7 Å². The third-order valence-corrected chi connectivity index (χ3v) is 16.0. The molecule has 5 heterocycles. The molecule has 0 spiro atoms. The zero-order valence-electron chi connectivity index (χ0n) is 38.0. The molecule has 0 atom stereocenters. The molecule has 0 bridgehead atoms. The Morgan fingerprint density at radius 3 is 1.76 bits per heavy atom. The topological polar surface area (TPSA) is 40.6 Å². The first-order chi connectivity index (χ1) is 33.4. The summed E-state index contributed by atoms with van der Waals surface area (Å²) >= 11 is 1.77. The largest absolute Gasteiger partial charge is 0.310 e. The second-order valence-corrected chi connectivity index (χ2v) is 19.4. The van der Waals surface area contributed by atoms with Crippen molar-refractivity contribution < 1.29 is 0 Å². The number of fused-ring (bicyclic) bond motifs is 12. The van der Waals surface area contributed by atoms with E-state index in [1.54, 1.807) is 17.7 Å². The molecule has 0 radical (unpaired) electrons. The first-order valence-corrected chi connectivity index (χ1v) is 24.1. The van der Waals surface area contributed by atoms with Crippen molar-refractivity contribution in [3.63, 3.8) is 0 Å². The smallest absolute Gasteiger partial charge is 0.141 e. The van der Waals surface area contributed by atoms with E-state index in [0.29, 0.717) is 0 Å². The van der Waals surface area contributed by atoms with Gasteiger partial charge in [-0.05, 0) is 90.0 Å². The number of aromatic nitrogens is 5. The summed E-state index contributed by atoms with van der Waals surface area (Å²) in [6, 6.07) is 66.6. The van der Waals surface area contributed by atoms with Crippen LogP contribution in [0.4, 0.5) is 0 Å². The quantitative estimate of drug-likeness (QED) is 0.163. The second-order valence-electron chi connectivity index (χ2n) is 18.3. The van der Waals surface area contributed by atoms with Gasteiger partial charge in [-0.25, -0.2) is 9.97 Å². The molecule has 0 aliphatic heterocycles. The summed E-state index contributed by atoms with van der Waals surface area (Å²) in [5.74, 6) is 0. The van der Waals surface area contributed by atoms with Gasteiger partial charge in [0.05, 0.1) is 43.5 Å². The Kier molecular flexibility index (Phi) is 8.47. The van der Waals surface area contributed by atoms with Crippen molar-refractivity contribution in [2.45, 2.75) is 0 Å². The van der Waals surface area contributed by atoms with Crippen LogP contribution >= 0.6 is 11.3 Å². The van der Waals surface area contributed by atoms with Crippen LogP contribution in [0, 0.1) is 0 Å². The third-order valence-electron chi connectivity index (χ3n) is 14.9. The Hall–Kier alpha value is -8.06. The molecular weight excluding hydrogens is 842 g/mol. The Bertz CT molecular complexity index is 4450. The average Bonchev–Trinajstić information content (AvgIpc) is 4.13. The highest BCUT2D eigenvalue weighted by molar-refractivity contribution is 7.26. The highest BCUT2D eigenvalue weighted by Crippen LogP contribution is 2.42. The van der Waals surface area contributed by atoms with E-state index in [9.17, 15) is 0 Å². The summed E-state index contributed by atoms with van der Waals surface area (Å²) in [5.41, 5.74) is 21.4. The fraction of sp³-hybridized carbons (Fsp3) is 0. The Morgan fingerprint density at radius 1 is 0.368 bits per heavy atom. The van der Waals surface area contributed by atoms with Crippen LogP contribution in [0.1, 0.15) is 0 Å². The molecule has 0 unspecified atom stereocenters. The van der Waals surface area contributed by atoms with Gasteiger partial charge in [0.1, 0.15) is 37.7 Å². The Morgan fingerprint density at radius 2 is 0.971 bits per heavy atom. The van der Waals surface area contributed by atoms with Crippen molar-refractivity contribution in [3.8, 4) is 39.4 Å². The molecule has 0 fully saturated rings. The van der Waals surface area contributed by atoms with Crippen LogP contribution in [0.5, 0.6) is 0 Å². The Labute approximate surface area is 399 Å². The van der Waals surface area contributed by atoms with Gasteiger partial charge < -0.3 is 13.7 Å². The van der Waals surface area contributed by atoms with Gasteiger partial charge >= 0.3 is 0 Å². The maximum Gasteiger partial charge on any atom is 0.141 e. The van der Waals surface area contributed by atoms with Crippen LogP contribution in [-0.2, 0) is 0 Å². The maximum absolute atomic E-state index is 5.02. The van der Waals surface area contributed by atoms with Crippen molar-refractivity contribution in [3.05, 3.63) is 188 Å². The molecule has 14 rings (SSSR count). The molecule has 68 heavy (non-hydrogen) atoms. The SMILES string of the molecule is Bc1c(B)c(B)c2c(c1B)c1ccccc1n2-c1ccc2sc3c(-c4cccc(-n5c6ccccc6c6ccc(-c7ccc8c(c7)c7ccccc7n8-c7ccccc7)cc65)c4)ncnc3c2c1. The van der Waals surface area contributed by atoms with Gasteiger partial charge in [0.2, 0.25) is 0 Å². The first-order valence-electron chi connectivity index (χ1n) is 23.3. The van der Waals surface area contributed by atoms with Crippen LogP contribution in [0.25, 0.3) is 125 Å². The molecule has 0 aliphatic rings. The monoisotopic (exact) mass is 881 g/mol. The standard InChI is InChI=1S/C58H39B4N5S/c59-51-50-41-17-6-9-20-46(41)67(57(50)54(62)53(61)52(51)60)37-23-26-49-43(30-37)56-58(68-49)55(63-31-64-56)34-11-10-14-36(27-34)66-44-18-7-4-15-38(44)40-24-21-33(29-48(40)66)32-22-25-47-42(28-32)39-16-5-8-19-45(39)65(47)35-12-2-1-3-13-35/h1-31H,59-62H2. The minimum Gasteiger partial charge on any atom is -0.310 e. The van der Waals surface area contributed by atoms with E-state index in [-0.39, 0.29) is 0 Å². The number of thiophene rings is 1. The summed E-state index contributed by atoms with van der Waals surface area (Å²) < 4.78 is 9.55. The molecule has 9 aromatic carbocycles. The van der Waals surface area contributed by atoms with Gasteiger partial charge in [0, 0.05) is 70.5 Å². The van der Waals surface area contributed by atoms with Crippen molar-refractivity contribution in [1.29, 1.82) is 0 Å². The predicted octanol–water partition coefficient (Wildman–Crippen LogP) is 8.50. The lowest BCUT2D eigenvalue weighted by Crippen LogP contribution is -2.48. The Balaban J connectivity index is 0.909. The molecule has 14 aromatic rings. The zero-order valence-corrected chi connectivity index (χ0v) is 38.9. The number of hydrogen-bond donors (Lipinski definition) is 0. The van der Waals surface area contributed by atoms with Gasteiger partial charge in [0.15, 0.2) is 0 Å². The molecule has 0 saturated heterocycles. The normalized spacial score (nSPS) is 12.1. The van der Waals surface area contributed by atoms with E-state index in [1.807, 2.05) is 0 Å². The average molecular weight is 881 g/mol. The lowest BCUT2D eigenvalue weighted by atomic mass is 9.65. The van der Waals surface area contributed by atoms with E-state index >= 15 is 0 Å². The zero-order chi connectivity index (χ0) is 45.4. The first kappa shape index (κ1) is 39.1. The minimum absolute atomic E-state index is 0.943. The van der Waals surface area contributed by atoms with E-state index in [2.05, 4.69) is 227 Å². The van der Waals surface area contributed by atoms with E-state index in [0.717, 1.165) is 49.4 Å². The van der Waals surface area contributed by atoms with E-state index < -0.39 is 0 Å². The predicted molar refractivity (Wildman–Crippen MR) is 302 cm³/mol. The van der Waals surface area contributed by atoms with Crippen LogP contribution in [0.15, 0.2) is 188 Å². The molecule has 314 valence electrons. The molecule has 0 saturated carbocycles. The van der Waals surface area contributed by atoms with Crippen LogP contribution in [-0.4, -0.2) is 55.1 Å². The summed E-state index contributed by atoms with van der Waals surface area (Å²) in [6.45, 7) is 0. The van der Waals surface area contributed by atoms with Crippen LogP contribution in [0.2, 0.25) is 0 Å². The van der Waals surface area contributed by atoms with Gasteiger partial charge in [-0.3, -0.25) is 0 Å². The highest BCUT2D eigenvalue weighted by Gasteiger charge is 2.22. The number of rotatable bonds is 5. The maximum atomic E-state index is 5.02. The highest BCUT2D eigenvalue weighted by atomic mass is 32.1. The lowest BCUT2D eigenvalue weighted by Gasteiger charge is -2.16. The summed E-state index contributed by atoms with van der Waals surface area (Å²) in [6.07, 6.45) is 1.74. The van der Waals surface area contributed by atoms with E-state index in [4.69, 9.17) is 9.97 Å². The number of nitrogens with zero attached hydrogens (tertiary/aromatic N) is 5. The summed E-state index contributed by atoms with van der Waals surface area (Å²) in [5, 5.41) is 8.71. The van der Waals surface area contributed by atoms with Gasteiger partial charge in [-0.2, -0.15) is 0 Å². The summed E-state index contributed by atoms with van der Waals surface area (Å²) in [4.78, 5) is 10.0. The van der Waals surface area contributed by atoms with Crippen LogP contribution in [0.3, 0.4) is 0 Å². The van der Waals surface area contributed by atoms with Gasteiger partial charge in [-0.1, -0.05) is 120 Å². The molecule has 0 amide bonds. The molecule has 0 N–H and O–H groups in total. The van der Waals surface area contributed by atoms with Crippen molar-refractivity contribution in [2.75, 3.05) is 0 Å². The van der Waals surface area contributed by atoms with Gasteiger partial charge in [-0.15, -0.1) is 16.8 Å². The molecule has 0 aliphatic carbocycles. The fourth-order valence-corrected chi connectivity index (χ4v) is 12.5. The fourth-order valence-electron chi connectivity index (χ4n) is 11.3. The molecular formula is C58H39B4N5S. The minimum atomic E-state index is 0.943. The lowest BCUT2D eigenvalue weighted by molar-refractivity contribution is 1.18. The van der Waals surface area contributed by atoms with Gasteiger partial charge in [0.25, 0.3) is 0 Å². The molecule has 10 heteroatoms. The molecule has 5 aromatic heterocycles. The number of para-hydroxylation sites is 4. The van der Waals surface area contributed by atoms with Crippen molar-refractivity contribution >= 4 is 150 Å². The van der Waals surface area contributed by atoms with Crippen molar-refractivity contribution in [2.24, 2.45) is 0 Å². The van der Waals surface area contributed by atoms with E-state index in [1.165, 1.54) is 97.6 Å². The third kappa shape index (κ3) is 5.55.